The van der Waals surface area contributed by atoms with E-state index in [-0.39, 0.29) is 35.5 Å². The molecule has 1 aliphatic carbocycles. The summed E-state index contributed by atoms with van der Waals surface area (Å²) in [5, 5.41) is 0.860. The number of nitrogens with one attached hydrogen (secondary N) is 1. The Kier molecular flexibility index (Phi) is 8.45. The highest BCUT2D eigenvalue weighted by atomic mass is 32.2. The molecular formula is C25H27F3N8O2S. The molecule has 0 aliphatic heterocycles. The molecule has 1 aliphatic rings. The van der Waals surface area contributed by atoms with Crippen molar-refractivity contribution in [3.8, 4) is 11.4 Å². The van der Waals surface area contributed by atoms with Crippen LogP contribution >= 0.6 is 0 Å². The third kappa shape index (κ3) is 6.50. The van der Waals surface area contributed by atoms with Gasteiger partial charge in [0.1, 0.15) is 18.1 Å². The van der Waals surface area contributed by atoms with Crippen molar-refractivity contribution < 1.29 is 22.2 Å². The maximum absolute atomic E-state index is 14.1. The summed E-state index contributed by atoms with van der Waals surface area (Å²) in [6.45, 7) is 4.24. The van der Waals surface area contributed by atoms with Crippen LogP contribution in [-0.4, -0.2) is 60.1 Å². The van der Waals surface area contributed by atoms with E-state index in [1.807, 2.05) is 0 Å². The molecule has 3 heterocycles. The first-order valence-corrected chi connectivity index (χ1v) is 13.6. The molecule has 206 valence electrons. The highest BCUT2D eigenvalue weighted by molar-refractivity contribution is 7.84. The van der Waals surface area contributed by atoms with E-state index < -0.39 is 23.0 Å². The van der Waals surface area contributed by atoms with Crippen LogP contribution < -0.4 is 10.4 Å². The molecule has 0 aromatic carbocycles. The molecular weight excluding hydrogens is 533 g/mol. The molecule has 1 N–H and O–H groups in total. The fraction of sp³-hybridized carbons (Fsp3) is 0.400. The number of carbonyl (C=O) groups excluding carboxylic acids is 1. The third-order valence-electron chi connectivity index (χ3n) is 6.21. The van der Waals surface area contributed by atoms with Crippen molar-refractivity contribution in [3.05, 3.63) is 47.4 Å². The molecule has 0 spiro atoms. The van der Waals surface area contributed by atoms with Crippen LogP contribution in [0.4, 0.5) is 24.7 Å². The SMILES string of the molecule is Cc1nc(-c2c(C)ncnc2C2CC2)nc(N(NCc2ccc(S(C)=O)cn2)C(C)C(F)(F)F)c1N=CC=O. The molecule has 0 bridgehead atoms. The van der Waals surface area contributed by atoms with Gasteiger partial charge >= 0.3 is 6.18 Å². The van der Waals surface area contributed by atoms with Gasteiger partial charge < -0.3 is 0 Å². The van der Waals surface area contributed by atoms with Gasteiger partial charge in [0.15, 0.2) is 17.9 Å². The Morgan fingerprint density at radius 3 is 2.51 bits per heavy atom. The topological polar surface area (TPSA) is 126 Å². The summed E-state index contributed by atoms with van der Waals surface area (Å²) in [7, 11) is -1.25. The van der Waals surface area contributed by atoms with E-state index in [0.29, 0.717) is 28.1 Å². The molecule has 3 aromatic rings. The highest BCUT2D eigenvalue weighted by Crippen LogP contribution is 2.44. The molecule has 4 rings (SSSR count). The van der Waals surface area contributed by atoms with Crippen molar-refractivity contribution >= 4 is 34.8 Å². The van der Waals surface area contributed by atoms with E-state index in [2.05, 4.69) is 35.3 Å². The standard InChI is InChI=1S/C25H27F3N8O2S/c1-14-20(22(17-5-6-17)32-13-31-14)23-34-15(2)21(29-9-10-37)24(35-23)36(16(3)25(26,27)28)33-11-18-7-8-19(12-30-18)39(4)38/h7-10,12-13,16-17,33H,5-6,11H2,1-4H3. The third-order valence-corrected chi connectivity index (χ3v) is 7.11. The second kappa shape index (κ2) is 11.6. The van der Waals surface area contributed by atoms with Crippen LogP contribution in [0.5, 0.6) is 0 Å². The van der Waals surface area contributed by atoms with E-state index in [0.717, 1.165) is 36.7 Å². The predicted molar refractivity (Wildman–Crippen MR) is 140 cm³/mol. The Morgan fingerprint density at radius 2 is 1.92 bits per heavy atom. The normalized spacial score (nSPS) is 15.4. The molecule has 3 aromatic heterocycles. The second-order valence-electron chi connectivity index (χ2n) is 9.07. The molecule has 0 amide bonds. The van der Waals surface area contributed by atoms with Crippen molar-refractivity contribution in [1.82, 2.24) is 30.3 Å². The minimum atomic E-state index is -4.65. The number of hydrogen-bond donors (Lipinski definition) is 1. The fourth-order valence-electron chi connectivity index (χ4n) is 3.92. The van der Waals surface area contributed by atoms with E-state index >= 15 is 0 Å². The molecule has 2 unspecified atom stereocenters. The number of hydrogen-bond acceptors (Lipinski definition) is 10. The molecule has 1 fully saturated rings. The summed E-state index contributed by atoms with van der Waals surface area (Å²) in [4.78, 5) is 37.6. The van der Waals surface area contributed by atoms with Gasteiger partial charge in [-0.1, -0.05) is 0 Å². The Balaban J connectivity index is 1.84. The van der Waals surface area contributed by atoms with Gasteiger partial charge in [0.2, 0.25) is 0 Å². The summed E-state index contributed by atoms with van der Waals surface area (Å²) in [6.07, 6.45) is 2.95. The number of aromatic nitrogens is 5. The van der Waals surface area contributed by atoms with Crippen molar-refractivity contribution in [2.45, 2.75) is 63.2 Å². The lowest BCUT2D eigenvalue weighted by Crippen LogP contribution is -2.51. The molecule has 10 nitrogen and oxygen atoms in total. The molecule has 1 saturated carbocycles. The summed E-state index contributed by atoms with van der Waals surface area (Å²) in [5.41, 5.74) is 5.39. The number of aryl methyl sites for hydroxylation is 2. The van der Waals surface area contributed by atoms with Gasteiger partial charge in [-0.05, 0) is 45.7 Å². The summed E-state index contributed by atoms with van der Waals surface area (Å²) < 4.78 is 54.0. The fourth-order valence-corrected chi connectivity index (χ4v) is 4.38. The highest BCUT2D eigenvalue weighted by Gasteiger charge is 2.42. The zero-order valence-electron chi connectivity index (χ0n) is 21.7. The van der Waals surface area contributed by atoms with Gasteiger partial charge in [0.05, 0.1) is 56.8 Å². The molecule has 0 saturated heterocycles. The van der Waals surface area contributed by atoms with Crippen molar-refractivity contribution in [2.24, 2.45) is 4.99 Å². The van der Waals surface area contributed by atoms with Gasteiger partial charge in [-0.3, -0.25) is 19.0 Å². The number of nitrogens with zero attached hydrogens (tertiary/aromatic N) is 7. The number of aliphatic imine (C=N–C) groups is 1. The minimum Gasteiger partial charge on any atom is -0.297 e. The van der Waals surface area contributed by atoms with Crippen LogP contribution in [0, 0.1) is 13.8 Å². The van der Waals surface area contributed by atoms with Gasteiger partial charge in [-0.15, -0.1) is 0 Å². The van der Waals surface area contributed by atoms with Crippen molar-refractivity contribution in [3.63, 3.8) is 0 Å². The number of carbonyl (C=O) groups is 1. The van der Waals surface area contributed by atoms with E-state index in [1.54, 1.807) is 26.0 Å². The average molecular weight is 561 g/mol. The number of anilines is 1. The van der Waals surface area contributed by atoms with Crippen LogP contribution in [-0.2, 0) is 22.1 Å². The first-order valence-electron chi connectivity index (χ1n) is 12.1. The lowest BCUT2D eigenvalue weighted by molar-refractivity contribution is -0.146. The summed E-state index contributed by atoms with van der Waals surface area (Å²) in [5.74, 6) is 0.204. The smallest absolute Gasteiger partial charge is 0.297 e. The predicted octanol–water partition coefficient (Wildman–Crippen LogP) is 3.92. The first kappa shape index (κ1) is 28.4. The Bertz CT molecular complexity index is 1410. The Hall–Kier alpha value is -3.65. The van der Waals surface area contributed by atoms with Crippen molar-refractivity contribution in [2.75, 3.05) is 11.3 Å². The number of aldehydes is 1. The molecule has 2 atom stereocenters. The zero-order valence-corrected chi connectivity index (χ0v) is 22.5. The number of rotatable bonds is 10. The number of pyridine rings is 1. The van der Waals surface area contributed by atoms with E-state index in [4.69, 9.17) is 0 Å². The Morgan fingerprint density at radius 1 is 1.18 bits per heavy atom. The molecule has 39 heavy (non-hydrogen) atoms. The van der Waals surface area contributed by atoms with Crippen LogP contribution in [0.1, 0.15) is 48.5 Å². The van der Waals surface area contributed by atoms with Gasteiger partial charge in [0, 0.05) is 18.4 Å². The van der Waals surface area contributed by atoms with Crippen LogP contribution in [0.15, 0.2) is 34.5 Å². The van der Waals surface area contributed by atoms with Crippen LogP contribution in [0.2, 0.25) is 0 Å². The first-order chi connectivity index (χ1) is 18.5. The number of hydrazine groups is 1. The molecule has 0 radical (unpaired) electrons. The minimum absolute atomic E-state index is 0.00149. The van der Waals surface area contributed by atoms with E-state index in [1.165, 1.54) is 18.8 Å². The largest absolute Gasteiger partial charge is 0.410 e. The number of halogens is 3. The molecule has 14 heteroatoms. The van der Waals surface area contributed by atoms with Crippen LogP contribution in [0.25, 0.3) is 11.4 Å². The summed E-state index contributed by atoms with van der Waals surface area (Å²) >= 11 is 0. The monoisotopic (exact) mass is 560 g/mol. The lowest BCUT2D eigenvalue weighted by Gasteiger charge is -2.33. The van der Waals surface area contributed by atoms with Gasteiger partial charge in [-0.2, -0.15) is 13.2 Å². The maximum Gasteiger partial charge on any atom is 0.410 e. The lowest BCUT2D eigenvalue weighted by atomic mass is 10.1. The second-order valence-corrected chi connectivity index (χ2v) is 10.5. The van der Waals surface area contributed by atoms with Gasteiger partial charge in [0.25, 0.3) is 0 Å². The number of alkyl halides is 3. The van der Waals surface area contributed by atoms with Gasteiger partial charge in [-0.25, -0.2) is 30.4 Å². The quantitative estimate of drug-likeness (QED) is 0.223. The zero-order chi connectivity index (χ0) is 28.3. The van der Waals surface area contributed by atoms with Crippen molar-refractivity contribution in [1.29, 1.82) is 0 Å². The Labute approximate surface area is 225 Å². The summed E-state index contributed by atoms with van der Waals surface area (Å²) in [6, 6.07) is 1.12. The van der Waals surface area contributed by atoms with E-state index in [9.17, 15) is 22.2 Å². The van der Waals surface area contributed by atoms with Crippen LogP contribution in [0.3, 0.4) is 0 Å². The maximum atomic E-state index is 14.1. The average Bonchev–Trinajstić information content (AvgIpc) is 3.73.